The van der Waals surface area contributed by atoms with Gasteiger partial charge >= 0.3 is 5.97 Å². The predicted molar refractivity (Wildman–Crippen MR) is 106 cm³/mol. The molecule has 0 spiro atoms. The number of nitrogens with one attached hydrogen (secondary N) is 1. The zero-order valence-electron chi connectivity index (χ0n) is 16.4. The van der Waals surface area contributed by atoms with Gasteiger partial charge < -0.3 is 24.3 Å². The topological polar surface area (TPSA) is 83.1 Å². The first-order valence-corrected chi connectivity index (χ1v) is 9.46. The van der Waals surface area contributed by atoms with Gasteiger partial charge in [0.05, 0.1) is 12.1 Å². The van der Waals surface area contributed by atoms with Crippen molar-refractivity contribution in [1.82, 2.24) is 5.32 Å². The minimum absolute atomic E-state index is 0.00316. The van der Waals surface area contributed by atoms with Crippen LogP contribution in [-0.4, -0.2) is 31.8 Å². The monoisotopic (exact) mass is 419 g/mol. The Balaban J connectivity index is 1.63. The second-order valence-corrected chi connectivity index (χ2v) is 7.25. The van der Waals surface area contributed by atoms with Crippen LogP contribution >= 0.6 is 11.6 Å². The number of methoxy groups -OCH3 is 1. The van der Waals surface area contributed by atoms with Gasteiger partial charge in [0.2, 0.25) is 6.79 Å². The van der Waals surface area contributed by atoms with Gasteiger partial charge in [0.1, 0.15) is 18.4 Å². The second-order valence-electron chi connectivity index (χ2n) is 6.84. The van der Waals surface area contributed by atoms with Crippen LogP contribution in [0, 0.1) is 5.92 Å². The molecule has 1 aliphatic rings. The Labute approximate surface area is 173 Å². The maximum absolute atomic E-state index is 12.6. The summed E-state index contributed by atoms with van der Waals surface area (Å²) in [5.41, 5.74) is 1.09. The molecule has 3 rings (SSSR count). The molecule has 8 heteroatoms. The number of hydrogen-bond acceptors (Lipinski definition) is 6. The van der Waals surface area contributed by atoms with Gasteiger partial charge in [-0.25, -0.2) is 4.79 Å². The fraction of sp³-hybridized carbons (Fsp3) is 0.333. The van der Waals surface area contributed by atoms with Crippen molar-refractivity contribution in [3.63, 3.8) is 0 Å². The fourth-order valence-electron chi connectivity index (χ4n) is 2.81. The Morgan fingerprint density at radius 3 is 2.55 bits per heavy atom. The third-order valence-corrected chi connectivity index (χ3v) is 4.71. The van der Waals surface area contributed by atoms with Gasteiger partial charge in [-0.15, -0.1) is 0 Å². The molecule has 0 fully saturated rings. The number of carbonyl (C=O) groups excluding carboxylic acids is 2. The Kier molecular flexibility index (Phi) is 6.49. The number of ether oxygens (including phenoxy) is 4. The normalized spacial score (nSPS) is 13.1. The quantitative estimate of drug-likeness (QED) is 0.691. The molecule has 0 bridgehead atoms. The summed E-state index contributed by atoms with van der Waals surface area (Å²) in [6.07, 6.45) is 0. The van der Waals surface area contributed by atoms with Crippen LogP contribution in [0.25, 0.3) is 0 Å². The molecular weight excluding hydrogens is 398 g/mol. The minimum atomic E-state index is -0.797. The molecule has 0 aliphatic carbocycles. The van der Waals surface area contributed by atoms with Crippen molar-refractivity contribution in [3.8, 4) is 17.2 Å². The Bertz CT molecular complexity index is 897. The summed E-state index contributed by atoms with van der Waals surface area (Å²) in [5.74, 6) is 0.573. The molecule has 0 radical (unpaired) electrons. The largest absolute Gasteiger partial charge is 0.497 e. The van der Waals surface area contributed by atoms with E-state index >= 15 is 0 Å². The van der Waals surface area contributed by atoms with Crippen LogP contribution in [0.3, 0.4) is 0 Å². The molecular formula is C21H22ClNO6. The zero-order valence-corrected chi connectivity index (χ0v) is 17.1. The van der Waals surface area contributed by atoms with Crippen LogP contribution in [0.5, 0.6) is 17.2 Å². The van der Waals surface area contributed by atoms with Gasteiger partial charge in [-0.2, -0.15) is 0 Å². The number of carbonyl (C=O) groups is 2. The number of rotatable bonds is 7. The zero-order chi connectivity index (χ0) is 21.0. The average molecular weight is 420 g/mol. The van der Waals surface area contributed by atoms with Crippen LogP contribution in [-0.2, 0) is 16.1 Å². The third-order valence-electron chi connectivity index (χ3n) is 4.43. The summed E-state index contributed by atoms with van der Waals surface area (Å²) in [6, 6.07) is 9.19. The third kappa shape index (κ3) is 4.92. The summed E-state index contributed by atoms with van der Waals surface area (Å²) >= 11 is 6.15. The first-order valence-electron chi connectivity index (χ1n) is 9.08. The summed E-state index contributed by atoms with van der Waals surface area (Å²) in [5, 5.41) is 3.12. The van der Waals surface area contributed by atoms with E-state index in [9.17, 15) is 9.59 Å². The first-order chi connectivity index (χ1) is 13.9. The summed E-state index contributed by atoms with van der Waals surface area (Å²) in [4.78, 5) is 25.1. The van der Waals surface area contributed by atoms with E-state index in [2.05, 4.69) is 5.32 Å². The smallest absolute Gasteiger partial charge is 0.329 e. The number of esters is 1. The van der Waals surface area contributed by atoms with E-state index in [1.807, 2.05) is 13.8 Å². The lowest BCUT2D eigenvalue weighted by Gasteiger charge is -2.21. The standard InChI is InChI=1S/C21H22ClNO6/c1-12(2)18(23-20(24)14-4-6-15(26-3)7-5-14)21(25)27-10-13-8-16(22)19-17(9-13)28-11-29-19/h4-9,12,18H,10-11H2,1-3H3,(H,23,24)/t18-/m0/s1. The Hall–Kier alpha value is -2.93. The van der Waals surface area contributed by atoms with Crippen molar-refractivity contribution in [1.29, 1.82) is 0 Å². The van der Waals surface area contributed by atoms with E-state index in [0.29, 0.717) is 33.4 Å². The SMILES string of the molecule is COc1ccc(C(=O)N[C@H](C(=O)OCc2cc(Cl)c3c(c2)OCO3)C(C)C)cc1. The highest BCUT2D eigenvalue weighted by atomic mass is 35.5. The van der Waals surface area contributed by atoms with Gasteiger partial charge in [-0.3, -0.25) is 4.79 Å². The average Bonchev–Trinajstić information content (AvgIpc) is 3.19. The summed E-state index contributed by atoms with van der Waals surface area (Å²) < 4.78 is 21.1. The van der Waals surface area contributed by atoms with Crippen molar-refractivity contribution in [2.45, 2.75) is 26.5 Å². The fourth-order valence-corrected chi connectivity index (χ4v) is 3.10. The number of fused-ring (bicyclic) bond motifs is 1. The Morgan fingerprint density at radius 2 is 1.90 bits per heavy atom. The van der Waals surface area contributed by atoms with Crippen LogP contribution in [0.15, 0.2) is 36.4 Å². The first kappa shape index (κ1) is 20.8. The molecule has 1 amide bonds. The van der Waals surface area contributed by atoms with Gasteiger partial charge in [-0.1, -0.05) is 25.4 Å². The van der Waals surface area contributed by atoms with Gasteiger partial charge in [-0.05, 0) is 47.9 Å². The molecule has 2 aromatic carbocycles. The number of hydrogen-bond donors (Lipinski definition) is 1. The van der Waals surface area contributed by atoms with E-state index in [-0.39, 0.29) is 25.2 Å². The summed E-state index contributed by atoms with van der Waals surface area (Å²) in [6.45, 7) is 3.76. The highest BCUT2D eigenvalue weighted by Crippen LogP contribution is 2.39. The molecule has 1 aliphatic heterocycles. The van der Waals surface area contributed by atoms with E-state index in [1.165, 1.54) is 0 Å². The molecule has 1 atom stereocenters. The van der Waals surface area contributed by atoms with Gasteiger partial charge in [0.25, 0.3) is 5.91 Å². The van der Waals surface area contributed by atoms with Crippen molar-refractivity contribution < 1.29 is 28.5 Å². The van der Waals surface area contributed by atoms with Crippen LogP contribution in [0.2, 0.25) is 5.02 Å². The maximum Gasteiger partial charge on any atom is 0.329 e. The van der Waals surface area contributed by atoms with Crippen molar-refractivity contribution in [2.75, 3.05) is 13.9 Å². The summed E-state index contributed by atoms with van der Waals surface area (Å²) in [7, 11) is 1.55. The van der Waals surface area contributed by atoms with Crippen molar-refractivity contribution in [3.05, 3.63) is 52.5 Å². The molecule has 1 N–H and O–H groups in total. The maximum atomic E-state index is 12.6. The molecule has 0 saturated heterocycles. The minimum Gasteiger partial charge on any atom is -0.497 e. The van der Waals surface area contributed by atoms with Crippen molar-refractivity contribution >= 4 is 23.5 Å². The van der Waals surface area contributed by atoms with E-state index in [4.69, 9.17) is 30.5 Å². The lowest BCUT2D eigenvalue weighted by Crippen LogP contribution is -2.45. The molecule has 2 aromatic rings. The van der Waals surface area contributed by atoms with Crippen molar-refractivity contribution in [2.24, 2.45) is 5.92 Å². The van der Waals surface area contributed by atoms with E-state index < -0.39 is 12.0 Å². The number of amides is 1. The lowest BCUT2D eigenvalue weighted by atomic mass is 10.0. The van der Waals surface area contributed by atoms with Crippen LogP contribution in [0.1, 0.15) is 29.8 Å². The molecule has 29 heavy (non-hydrogen) atoms. The van der Waals surface area contributed by atoms with Gasteiger partial charge in [0.15, 0.2) is 11.5 Å². The Morgan fingerprint density at radius 1 is 1.17 bits per heavy atom. The predicted octanol–water partition coefficient (Wildman–Crippen LogP) is 3.58. The highest BCUT2D eigenvalue weighted by molar-refractivity contribution is 6.32. The van der Waals surface area contributed by atoms with Crippen LogP contribution in [0.4, 0.5) is 0 Å². The molecule has 0 saturated carbocycles. The molecule has 0 unspecified atom stereocenters. The number of benzene rings is 2. The highest BCUT2D eigenvalue weighted by Gasteiger charge is 2.27. The van der Waals surface area contributed by atoms with Crippen LogP contribution < -0.4 is 19.5 Å². The molecule has 1 heterocycles. The molecule has 7 nitrogen and oxygen atoms in total. The second kappa shape index (κ2) is 9.05. The van der Waals surface area contributed by atoms with E-state index in [1.54, 1.807) is 43.5 Å². The molecule has 0 aromatic heterocycles. The number of halogens is 1. The van der Waals surface area contributed by atoms with Gasteiger partial charge in [0, 0.05) is 5.56 Å². The molecule has 154 valence electrons. The van der Waals surface area contributed by atoms with E-state index in [0.717, 1.165) is 0 Å². The lowest BCUT2D eigenvalue weighted by molar-refractivity contribution is -0.148.